The normalized spacial score (nSPS) is 11.5. The van der Waals surface area contributed by atoms with Gasteiger partial charge < -0.3 is 10.1 Å². The summed E-state index contributed by atoms with van der Waals surface area (Å²) in [6, 6.07) is 13.7. The number of azo groups is 1. The number of carbonyl (C=O) groups excluding carboxylic acids is 1. The summed E-state index contributed by atoms with van der Waals surface area (Å²) in [6.45, 7) is 0. The Labute approximate surface area is 136 Å². The molecule has 1 amide bonds. The second-order valence-corrected chi connectivity index (χ2v) is 5.23. The molecule has 2 aliphatic rings. The van der Waals surface area contributed by atoms with Gasteiger partial charge in [0.05, 0.1) is 16.8 Å². The average Bonchev–Trinajstić information content (AvgIpc) is 2.94. The molecule has 0 radical (unpaired) electrons. The van der Waals surface area contributed by atoms with Gasteiger partial charge in [0.2, 0.25) is 0 Å². The zero-order valence-corrected chi connectivity index (χ0v) is 12.5. The lowest BCUT2D eigenvalue weighted by molar-refractivity contribution is 0.0992. The number of hydrogen-bond acceptors (Lipinski definition) is 4. The summed E-state index contributed by atoms with van der Waals surface area (Å²) < 4.78 is 0. The minimum atomic E-state index is -0.598. The summed E-state index contributed by atoms with van der Waals surface area (Å²) in [7, 11) is 0. The zero-order valence-electron chi connectivity index (χ0n) is 12.5. The molecular weight excluding hydrogens is 304 g/mol. The van der Waals surface area contributed by atoms with Gasteiger partial charge in [-0.2, -0.15) is 0 Å². The van der Waals surface area contributed by atoms with Gasteiger partial charge in [0, 0.05) is 23.3 Å². The number of para-hydroxylation sites is 1. The summed E-state index contributed by atoms with van der Waals surface area (Å²) in [4.78, 5) is 19.7. The quantitative estimate of drug-likeness (QED) is 0.540. The minimum Gasteiger partial charge on any atom is -0.507 e. The van der Waals surface area contributed by atoms with E-state index < -0.39 is 5.91 Å². The Morgan fingerprint density at radius 3 is 2.83 bits per heavy atom. The Morgan fingerprint density at radius 2 is 1.96 bits per heavy atom. The molecule has 1 aliphatic carbocycles. The highest BCUT2D eigenvalue weighted by Crippen LogP contribution is 2.42. The molecule has 2 aromatic rings. The van der Waals surface area contributed by atoms with Gasteiger partial charge in [0.15, 0.2) is 0 Å². The number of carbonyl (C=O) groups is 1. The van der Waals surface area contributed by atoms with Crippen molar-refractivity contribution < 1.29 is 9.90 Å². The molecule has 0 saturated heterocycles. The second kappa shape index (κ2) is 5.58. The van der Waals surface area contributed by atoms with Crippen molar-refractivity contribution in [2.45, 2.75) is 0 Å². The smallest absolute Gasteiger partial charge is 0.299 e. The number of aromatic amines is 1. The summed E-state index contributed by atoms with van der Waals surface area (Å²) in [5, 5.41) is 18.5. The molecule has 2 heterocycles. The standard InChI is InChI=1S/C18H12N4O2/c23-14-8-2-1-5-11(14)18(24)22-21-15-12-6-3-9-19-16(12)17-13(15)7-4-10-20-17/h1-10,19,23H. The summed E-state index contributed by atoms with van der Waals surface area (Å²) in [5.41, 5.74) is 3.15. The maximum atomic E-state index is 12.2. The lowest BCUT2D eigenvalue weighted by Gasteiger charge is -1.99. The third kappa shape index (κ3) is 2.21. The van der Waals surface area contributed by atoms with Crippen LogP contribution in [0.5, 0.6) is 5.75 Å². The highest BCUT2D eigenvalue weighted by Gasteiger charge is 2.19. The second-order valence-electron chi connectivity index (χ2n) is 5.23. The predicted molar refractivity (Wildman–Crippen MR) is 89.7 cm³/mol. The monoisotopic (exact) mass is 316 g/mol. The van der Waals surface area contributed by atoms with Crippen molar-refractivity contribution >= 4 is 22.5 Å². The van der Waals surface area contributed by atoms with Crippen molar-refractivity contribution in [3.05, 3.63) is 66.5 Å². The van der Waals surface area contributed by atoms with Crippen LogP contribution in [0.2, 0.25) is 0 Å². The SMILES string of the molecule is O=C(N=Nc1c2ccc[nH]c-2c2ncccc12)c1ccccc1O. The lowest BCUT2D eigenvalue weighted by atomic mass is 10.2. The number of aromatic hydroxyl groups is 1. The van der Waals surface area contributed by atoms with Crippen LogP contribution in [0.25, 0.3) is 22.2 Å². The first-order valence-corrected chi connectivity index (χ1v) is 7.33. The van der Waals surface area contributed by atoms with Crippen LogP contribution in [0, 0.1) is 0 Å². The summed E-state index contributed by atoms with van der Waals surface area (Å²) in [6.07, 6.45) is 3.52. The number of H-pyrrole nitrogens is 1. The third-order valence-corrected chi connectivity index (χ3v) is 3.79. The van der Waals surface area contributed by atoms with Gasteiger partial charge in [-0.15, -0.1) is 10.2 Å². The van der Waals surface area contributed by atoms with Crippen LogP contribution in [0.15, 0.2) is 71.2 Å². The fraction of sp³-hybridized carbons (Fsp3) is 0. The van der Waals surface area contributed by atoms with E-state index in [1.807, 2.05) is 30.5 Å². The van der Waals surface area contributed by atoms with Gasteiger partial charge in [0.1, 0.15) is 11.4 Å². The van der Waals surface area contributed by atoms with E-state index in [-0.39, 0.29) is 11.3 Å². The third-order valence-electron chi connectivity index (χ3n) is 3.79. The number of fused-ring (bicyclic) bond motifs is 3. The Kier molecular flexibility index (Phi) is 3.28. The van der Waals surface area contributed by atoms with Gasteiger partial charge in [-0.1, -0.05) is 12.1 Å². The molecule has 0 bridgehead atoms. The Morgan fingerprint density at radius 1 is 1.08 bits per heavy atom. The molecule has 0 spiro atoms. The highest BCUT2D eigenvalue weighted by molar-refractivity contribution is 6.09. The van der Waals surface area contributed by atoms with Crippen molar-refractivity contribution in [1.29, 1.82) is 0 Å². The van der Waals surface area contributed by atoms with Crippen molar-refractivity contribution in [1.82, 2.24) is 9.97 Å². The molecule has 0 saturated carbocycles. The number of phenolic OH excluding ortho intramolecular Hbond substituents is 1. The molecule has 1 aliphatic heterocycles. The van der Waals surface area contributed by atoms with Gasteiger partial charge in [-0.3, -0.25) is 9.78 Å². The molecule has 1 aromatic heterocycles. The first kappa shape index (κ1) is 14.1. The van der Waals surface area contributed by atoms with Crippen LogP contribution in [0.4, 0.5) is 5.69 Å². The molecule has 2 N–H and O–H groups in total. The number of pyridine rings is 2. The fourth-order valence-corrected chi connectivity index (χ4v) is 2.68. The molecule has 6 nitrogen and oxygen atoms in total. The van der Waals surface area contributed by atoms with E-state index in [4.69, 9.17) is 0 Å². The van der Waals surface area contributed by atoms with E-state index in [0.29, 0.717) is 5.69 Å². The Balaban J connectivity index is 1.82. The molecular formula is C18H12N4O2. The molecule has 4 rings (SSSR count). The maximum absolute atomic E-state index is 12.2. The minimum absolute atomic E-state index is 0.117. The lowest BCUT2D eigenvalue weighted by Crippen LogP contribution is -1.93. The fourth-order valence-electron chi connectivity index (χ4n) is 2.68. The molecule has 6 heteroatoms. The van der Waals surface area contributed by atoms with Crippen LogP contribution in [-0.2, 0) is 0 Å². The number of hydrogen-bond donors (Lipinski definition) is 2. The van der Waals surface area contributed by atoms with Gasteiger partial charge in [-0.05, 0) is 36.4 Å². The van der Waals surface area contributed by atoms with Gasteiger partial charge >= 0.3 is 0 Å². The van der Waals surface area contributed by atoms with Crippen LogP contribution >= 0.6 is 0 Å². The Hall–Kier alpha value is -3.54. The number of benzene rings is 1. The van der Waals surface area contributed by atoms with E-state index in [1.54, 1.807) is 18.3 Å². The first-order chi connectivity index (χ1) is 11.8. The van der Waals surface area contributed by atoms with Crippen LogP contribution < -0.4 is 0 Å². The van der Waals surface area contributed by atoms with Crippen molar-refractivity contribution in [3.63, 3.8) is 0 Å². The molecule has 116 valence electrons. The Bertz CT molecular complexity index is 1050. The predicted octanol–water partition coefficient (Wildman–Crippen LogP) is 4.30. The highest BCUT2D eigenvalue weighted by atomic mass is 16.3. The van der Waals surface area contributed by atoms with E-state index in [2.05, 4.69) is 20.2 Å². The van der Waals surface area contributed by atoms with E-state index >= 15 is 0 Å². The van der Waals surface area contributed by atoms with Crippen LogP contribution in [-0.4, -0.2) is 21.0 Å². The zero-order chi connectivity index (χ0) is 16.5. The number of aromatic nitrogens is 2. The van der Waals surface area contributed by atoms with Crippen LogP contribution in [0.3, 0.4) is 0 Å². The van der Waals surface area contributed by atoms with Crippen molar-refractivity contribution in [2.24, 2.45) is 10.2 Å². The van der Waals surface area contributed by atoms with E-state index in [1.165, 1.54) is 12.1 Å². The number of nitrogens with zero attached hydrogens (tertiary/aromatic N) is 3. The topological polar surface area (TPSA) is 90.7 Å². The van der Waals surface area contributed by atoms with Crippen LogP contribution in [0.1, 0.15) is 10.4 Å². The summed E-state index contributed by atoms with van der Waals surface area (Å²) in [5.74, 6) is -0.715. The molecule has 0 unspecified atom stereocenters. The van der Waals surface area contributed by atoms with Gasteiger partial charge in [-0.25, -0.2) is 0 Å². The average molecular weight is 316 g/mol. The van der Waals surface area contributed by atoms with E-state index in [0.717, 1.165) is 22.2 Å². The maximum Gasteiger partial charge on any atom is 0.299 e. The number of amides is 1. The number of nitrogens with one attached hydrogen (secondary N) is 1. The van der Waals surface area contributed by atoms with Crippen molar-refractivity contribution in [3.8, 4) is 17.0 Å². The summed E-state index contributed by atoms with van der Waals surface area (Å²) >= 11 is 0. The largest absolute Gasteiger partial charge is 0.507 e. The molecule has 24 heavy (non-hydrogen) atoms. The van der Waals surface area contributed by atoms with Gasteiger partial charge in [0.25, 0.3) is 5.91 Å². The first-order valence-electron chi connectivity index (χ1n) is 7.33. The number of rotatable bonds is 2. The molecule has 1 aromatic carbocycles. The molecule has 0 fully saturated rings. The molecule has 0 atom stereocenters. The number of phenols is 1. The van der Waals surface area contributed by atoms with Crippen molar-refractivity contribution in [2.75, 3.05) is 0 Å². The van der Waals surface area contributed by atoms with E-state index in [9.17, 15) is 9.90 Å².